The Balaban J connectivity index is 0.00000200. The Morgan fingerprint density at radius 3 is 2.75 bits per heavy atom. The Morgan fingerprint density at radius 2 is 2.25 bits per heavy atom. The number of nitrogens with two attached hydrogens (primary N) is 1. The fraction of sp³-hybridized carbons (Fsp3) is 0.455. The Bertz CT molecular complexity index is 538. The van der Waals surface area contributed by atoms with Gasteiger partial charge in [-0.15, -0.1) is 12.4 Å². The molecule has 1 saturated carbocycles. The molecule has 8 nitrogen and oxygen atoms in total. The van der Waals surface area contributed by atoms with Crippen molar-refractivity contribution < 1.29 is 9.72 Å². The normalized spacial score (nSPS) is 13.4. The van der Waals surface area contributed by atoms with E-state index in [2.05, 4.69) is 5.32 Å². The van der Waals surface area contributed by atoms with Gasteiger partial charge in [0.2, 0.25) is 0 Å². The van der Waals surface area contributed by atoms with Crippen LogP contribution in [0.1, 0.15) is 23.3 Å². The maximum absolute atomic E-state index is 11.9. The Hall–Kier alpha value is -2.09. The number of aromatic nitrogens is 1. The van der Waals surface area contributed by atoms with Gasteiger partial charge in [-0.25, -0.2) is 0 Å². The average molecular weight is 302 g/mol. The van der Waals surface area contributed by atoms with Gasteiger partial charge in [-0.3, -0.25) is 20.3 Å². The van der Waals surface area contributed by atoms with Crippen molar-refractivity contribution in [1.82, 2.24) is 9.88 Å². The lowest BCUT2D eigenvalue weighted by atomic mass is 10.3. The van der Waals surface area contributed by atoms with E-state index in [0.717, 1.165) is 12.8 Å². The second-order valence-electron chi connectivity index (χ2n) is 4.64. The fourth-order valence-electron chi connectivity index (χ4n) is 1.78. The van der Waals surface area contributed by atoms with Crippen molar-refractivity contribution in [3.8, 4) is 0 Å². The molecule has 0 aromatic carbocycles. The molecule has 0 radical (unpaired) electrons. The van der Waals surface area contributed by atoms with Gasteiger partial charge in [-0.05, 0) is 18.8 Å². The maximum Gasteiger partial charge on any atom is 0.287 e. The van der Waals surface area contributed by atoms with Gasteiger partial charge in [0.25, 0.3) is 11.6 Å². The summed E-state index contributed by atoms with van der Waals surface area (Å²) >= 11 is 0. The highest BCUT2D eigenvalue weighted by Crippen LogP contribution is 2.32. The van der Waals surface area contributed by atoms with Crippen molar-refractivity contribution >= 4 is 29.8 Å². The standard InChI is InChI=1S/C11H15N5O3.ClH/c12-10(13)4-14-11(17)9-3-8(16(18)19)6-15(9)5-7-1-2-7;/h3,6-7H,1-2,4-5H2,(H3,12,13)(H,14,17);1H. The molecule has 0 aliphatic heterocycles. The molecular weight excluding hydrogens is 286 g/mol. The van der Waals surface area contributed by atoms with Crippen LogP contribution in [0.3, 0.4) is 0 Å². The second kappa shape index (κ2) is 6.38. The molecule has 1 aromatic rings. The van der Waals surface area contributed by atoms with Gasteiger partial charge in [-0.1, -0.05) is 0 Å². The number of hydrogen-bond donors (Lipinski definition) is 3. The lowest BCUT2D eigenvalue weighted by Gasteiger charge is -2.07. The highest BCUT2D eigenvalue weighted by atomic mass is 35.5. The molecule has 0 bridgehead atoms. The van der Waals surface area contributed by atoms with Crippen LogP contribution in [0.5, 0.6) is 0 Å². The third-order valence-electron chi connectivity index (χ3n) is 2.92. The number of carbonyl (C=O) groups excluding carboxylic acids is 1. The van der Waals surface area contributed by atoms with Gasteiger partial charge in [0.15, 0.2) is 0 Å². The molecular formula is C11H16ClN5O3. The van der Waals surface area contributed by atoms with Crippen LogP contribution in [0.4, 0.5) is 5.69 Å². The largest absolute Gasteiger partial charge is 0.386 e. The zero-order valence-corrected chi connectivity index (χ0v) is 11.5. The first-order valence-corrected chi connectivity index (χ1v) is 5.93. The Morgan fingerprint density at radius 1 is 1.60 bits per heavy atom. The van der Waals surface area contributed by atoms with Gasteiger partial charge in [0.1, 0.15) is 11.5 Å². The molecule has 1 aliphatic rings. The Kier molecular flexibility index (Phi) is 5.09. The van der Waals surface area contributed by atoms with E-state index in [9.17, 15) is 14.9 Å². The summed E-state index contributed by atoms with van der Waals surface area (Å²) in [5.41, 5.74) is 5.29. The van der Waals surface area contributed by atoms with E-state index in [1.165, 1.54) is 12.3 Å². The number of nitrogens with zero attached hydrogens (tertiary/aromatic N) is 2. The number of rotatable bonds is 6. The zero-order valence-electron chi connectivity index (χ0n) is 10.7. The lowest BCUT2D eigenvalue weighted by molar-refractivity contribution is -0.384. The number of amides is 1. The summed E-state index contributed by atoms with van der Waals surface area (Å²) < 4.78 is 1.60. The summed E-state index contributed by atoms with van der Waals surface area (Å²) in [5.74, 6) is -0.126. The van der Waals surface area contributed by atoms with E-state index < -0.39 is 10.8 Å². The summed E-state index contributed by atoms with van der Waals surface area (Å²) in [6.45, 7) is 0.540. The van der Waals surface area contributed by atoms with E-state index in [-0.39, 0.29) is 36.2 Å². The molecule has 20 heavy (non-hydrogen) atoms. The third kappa shape index (κ3) is 3.95. The van der Waals surface area contributed by atoms with Gasteiger partial charge in [0, 0.05) is 12.6 Å². The predicted molar refractivity (Wildman–Crippen MR) is 75.3 cm³/mol. The smallest absolute Gasteiger partial charge is 0.287 e. The van der Waals surface area contributed by atoms with Gasteiger partial charge in [0.05, 0.1) is 17.7 Å². The van der Waals surface area contributed by atoms with Crippen molar-refractivity contribution in [1.29, 1.82) is 5.41 Å². The highest BCUT2D eigenvalue weighted by Gasteiger charge is 2.26. The first kappa shape index (κ1) is 16.0. The van der Waals surface area contributed by atoms with E-state index in [0.29, 0.717) is 12.5 Å². The molecule has 4 N–H and O–H groups in total. The van der Waals surface area contributed by atoms with Crippen LogP contribution in [0.25, 0.3) is 0 Å². The number of nitro groups is 1. The van der Waals surface area contributed by atoms with Crippen molar-refractivity contribution in [2.75, 3.05) is 6.54 Å². The topological polar surface area (TPSA) is 127 Å². The monoisotopic (exact) mass is 301 g/mol. The number of nitrogens with one attached hydrogen (secondary N) is 2. The average Bonchev–Trinajstić information content (AvgIpc) is 3.03. The van der Waals surface area contributed by atoms with Crippen LogP contribution < -0.4 is 11.1 Å². The summed E-state index contributed by atoms with van der Waals surface area (Å²) in [6.07, 6.45) is 3.54. The second-order valence-corrected chi connectivity index (χ2v) is 4.64. The minimum atomic E-state index is -0.523. The van der Waals surface area contributed by atoms with Crippen LogP contribution in [-0.2, 0) is 6.54 Å². The quantitative estimate of drug-likeness (QED) is 0.312. The third-order valence-corrected chi connectivity index (χ3v) is 2.92. The van der Waals surface area contributed by atoms with Gasteiger partial charge in [-0.2, -0.15) is 0 Å². The minimum absolute atomic E-state index is 0. The number of carbonyl (C=O) groups is 1. The van der Waals surface area contributed by atoms with E-state index >= 15 is 0 Å². The molecule has 1 aliphatic carbocycles. The van der Waals surface area contributed by atoms with Crippen molar-refractivity contribution in [3.05, 3.63) is 28.1 Å². The summed E-state index contributed by atoms with van der Waals surface area (Å²) in [7, 11) is 0. The molecule has 1 aromatic heterocycles. The number of hydrogen-bond acceptors (Lipinski definition) is 4. The van der Waals surface area contributed by atoms with Crippen molar-refractivity contribution in [3.63, 3.8) is 0 Å². The molecule has 2 rings (SSSR count). The van der Waals surface area contributed by atoms with Gasteiger partial charge < -0.3 is 15.6 Å². The molecule has 0 spiro atoms. The van der Waals surface area contributed by atoms with Crippen molar-refractivity contribution in [2.45, 2.75) is 19.4 Å². The molecule has 9 heteroatoms. The highest BCUT2D eigenvalue weighted by molar-refractivity contribution is 5.96. The lowest BCUT2D eigenvalue weighted by Crippen LogP contribution is -2.34. The summed E-state index contributed by atoms with van der Waals surface area (Å²) in [5, 5.41) is 20.3. The molecule has 110 valence electrons. The maximum atomic E-state index is 11.9. The summed E-state index contributed by atoms with van der Waals surface area (Å²) in [6, 6.07) is 1.25. The first-order valence-electron chi connectivity index (χ1n) is 5.93. The van der Waals surface area contributed by atoms with Crippen LogP contribution in [0.2, 0.25) is 0 Å². The molecule has 0 atom stereocenters. The minimum Gasteiger partial charge on any atom is -0.386 e. The van der Waals surface area contributed by atoms with Gasteiger partial charge >= 0.3 is 0 Å². The van der Waals surface area contributed by atoms with E-state index in [1.54, 1.807) is 4.57 Å². The molecule has 0 saturated heterocycles. The Labute approximate surface area is 121 Å². The van der Waals surface area contributed by atoms with E-state index in [1.807, 2.05) is 0 Å². The SMILES string of the molecule is Cl.N=C(N)CNC(=O)c1cc([N+](=O)[O-])cn1CC1CC1. The molecule has 0 unspecified atom stereocenters. The number of amidine groups is 1. The number of halogens is 1. The first-order chi connectivity index (χ1) is 8.97. The molecule has 1 amide bonds. The van der Waals surface area contributed by atoms with Crippen LogP contribution in [0.15, 0.2) is 12.3 Å². The predicted octanol–water partition coefficient (Wildman–Crippen LogP) is 0.894. The fourth-order valence-corrected chi connectivity index (χ4v) is 1.78. The van der Waals surface area contributed by atoms with Crippen molar-refractivity contribution in [2.24, 2.45) is 11.7 Å². The zero-order chi connectivity index (χ0) is 14.0. The molecule has 1 fully saturated rings. The van der Waals surface area contributed by atoms with E-state index in [4.69, 9.17) is 11.1 Å². The molecule has 1 heterocycles. The van der Waals surface area contributed by atoms with Crippen LogP contribution in [0, 0.1) is 21.4 Å². The summed E-state index contributed by atoms with van der Waals surface area (Å²) in [4.78, 5) is 22.1. The van der Waals surface area contributed by atoms with Crippen LogP contribution >= 0.6 is 12.4 Å². The van der Waals surface area contributed by atoms with Crippen LogP contribution in [-0.4, -0.2) is 27.8 Å².